The molecule has 0 spiro atoms. The first-order valence-electron chi connectivity index (χ1n) is 7.04. The quantitative estimate of drug-likeness (QED) is 0.612. The molecule has 120 valence electrons. The van der Waals surface area contributed by atoms with Gasteiger partial charge in [-0.25, -0.2) is 0 Å². The number of methoxy groups -OCH3 is 3. The van der Waals surface area contributed by atoms with E-state index in [2.05, 4.69) is 4.90 Å². The lowest BCUT2D eigenvalue weighted by molar-refractivity contribution is 0.0694. The molecule has 0 saturated carbocycles. The normalized spacial score (nSPS) is 15.0. The highest BCUT2D eigenvalue weighted by atomic mass is 32.1. The van der Waals surface area contributed by atoms with Gasteiger partial charge in [0.05, 0.1) is 34.5 Å². The second-order valence-corrected chi connectivity index (χ2v) is 5.15. The van der Waals surface area contributed by atoms with E-state index in [0.29, 0.717) is 17.2 Å². The first kappa shape index (κ1) is 16.6. The fraction of sp³-hybridized carbons (Fsp3) is 0.438. The van der Waals surface area contributed by atoms with Crippen molar-refractivity contribution in [1.29, 1.82) is 0 Å². The Hall–Kier alpha value is -1.79. The number of hydrogen-bond donors (Lipinski definition) is 0. The second-order valence-electron chi connectivity index (χ2n) is 4.73. The minimum absolute atomic E-state index is 0.581. The van der Waals surface area contributed by atoms with Crippen LogP contribution >= 0.6 is 12.2 Å². The van der Waals surface area contributed by atoms with Gasteiger partial charge in [0, 0.05) is 13.1 Å². The standard InChI is InChI=1S/C16H21NO4S/c1-18-13-10-12(11-14(19-2)16(13)20-3)4-5-15(22)17-6-8-21-9-7-17/h4-5,10-11H,6-9H2,1-3H3. The number of thiocarbonyl (C=S) groups is 1. The van der Waals surface area contributed by atoms with E-state index in [1.54, 1.807) is 21.3 Å². The summed E-state index contributed by atoms with van der Waals surface area (Å²) in [5.74, 6) is 1.83. The van der Waals surface area contributed by atoms with Gasteiger partial charge in [0.15, 0.2) is 11.5 Å². The average Bonchev–Trinajstić information content (AvgIpc) is 2.59. The third-order valence-electron chi connectivity index (χ3n) is 3.43. The largest absolute Gasteiger partial charge is 0.493 e. The van der Waals surface area contributed by atoms with Crippen molar-refractivity contribution in [2.45, 2.75) is 0 Å². The van der Waals surface area contributed by atoms with Gasteiger partial charge in [-0.1, -0.05) is 18.3 Å². The second kappa shape index (κ2) is 8.00. The maximum absolute atomic E-state index is 5.44. The van der Waals surface area contributed by atoms with Gasteiger partial charge in [-0.3, -0.25) is 0 Å². The molecule has 6 heteroatoms. The fourth-order valence-corrected chi connectivity index (χ4v) is 2.50. The average molecular weight is 323 g/mol. The van der Waals surface area contributed by atoms with Crippen LogP contribution in [0, 0.1) is 0 Å². The molecule has 0 bridgehead atoms. The molecule has 22 heavy (non-hydrogen) atoms. The van der Waals surface area contributed by atoms with Crippen LogP contribution in [0.4, 0.5) is 0 Å². The lowest BCUT2D eigenvalue weighted by atomic mass is 10.1. The third-order valence-corrected chi connectivity index (χ3v) is 3.82. The summed E-state index contributed by atoms with van der Waals surface area (Å²) in [6, 6.07) is 3.78. The Labute approximate surface area is 136 Å². The summed E-state index contributed by atoms with van der Waals surface area (Å²) >= 11 is 5.44. The van der Waals surface area contributed by atoms with Crippen LogP contribution in [-0.4, -0.2) is 57.5 Å². The zero-order chi connectivity index (χ0) is 15.9. The molecule has 0 unspecified atom stereocenters. The van der Waals surface area contributed by atoms with E-state index < -0.39 is 0 Å². The van der Waals surface area contributed by atoms with Gasteiger partial charge in [-0.05, 0) is 23.8 Å². The predicted molar refractivity (Wildman–Crippen MR) is 90.1 cm³/mol. The van der Waals surface area contributed by atoms with E-state index in [1.807, 2.05) is 24.3 Å². The Balaban J connectivity index is 2.17. The summed E-state index contributed by atoms with van der Waals surface area (Å²) in [7, 11) is 4.79. The van der Waals surface area contributed by atoms with Gasteiger partial charge in [-0.15, -0.1) is 0 Å². The highest BCUT2D eigenvalue weighted by Crippen LogP contribution is 2.38. The molecule has 1 saturated heterocycles. The molecule has 0 atom stereocenters. The van der Waals surface area contributed by atoms with Crippen LogP contribution in [-0.2, 0) is 4.74 Å². The zero-order valence-corrected chi connectivity index (χ0v) is 13.9. The van der Waals surface area contributed by atoms with Crippen molar-refractivity contribution in [3.63, 3.8) is 0 Å². The molecule has 1 aliphatic heterocycles. The monoisotopic (exact) mass is 323 g/mol. The molecule has 5 nitrogen and oxygen atoms in total. The van der Waals surface area contributed by atoms with Crippen molar-refractivity contribution < 1.29 is 18.9 Å². The molecule has 0 amide bonds. The van der Waals surface area contributed by atoms with E-state index in [4.69, 9.17) is 31.2 Å². The number of rotatable bonds is 5. The van der Waals surface area contributed by atoms with Gasteiger partial charge in [-0.2, -0.15) is 0 Å². The number of benzene rings is 1. The zero-order valence-electron chi connectivity index (χ0n) is 13.1. The molecule has 1 fully saturated rings. The molecule has 1 aromatic carbocycles. The van der Waals surface area contributed by atoms with Gasteiger partial charge >= 0.3 is 0 Å². The summed E-state index contributed by atoms with van der Waals surface area (Å²) in [4.78, 5) is 2.94. The molecule has 1 aromatic rings. The van der Waals surface area contributed by atoms with Crippen LogP contribution in [0.15, 0.2) is 18.2 Å². The molecule has 2 rings (SSSR count). The summed E-state index contributed by atoms with van der Waals surface area (Å²) in [5.41, 5.74) is 0.935. The smallest absolute Gasteiger partial charge is 0.203 e. The first-order chi connectivity index (χ1) is 10.7. The first-order valence-corrected chi connectivity index (χ1v) is 7.45. The Morgan fingerprint density at radius 3 is 2.18 bits per heavy atom. The highest BCUT2D eigenvalue weighted by Gasteiger charge is 2.13. The molecule has 0 aliphatic carbocycles. The summed E-state index contributed by atoms with van der Waals surface area (Å²) in [6.07, 6.45) is 3.86. The Kier molecular flexibility index (Phi) is 6.03. The van der Waals surface area contributed by atoms with E-state index in [0.717, 1.165) is 36.9 Å². The van der Waals surface area contributed by atoms with Crippen LogP contribution in [0.1, 0.15) is 5.56 Å². The van der Waals surface area contributed by atoms with Gasteiger partial charge in [0.1, 0.15) is 4.99 Å². The molecule has 1 aliphatic rings. The fourth-order valence-electron chi connectivity index (χ4n) is 2.25. The minimum atomic E-state index is 0.581. The van der Waals surface area contributed by atoms with E-state index >= 15 is 0 Å². The van der Waals surface area contributed by atoms with E-state index in [-0.39, 0.29) is 0 Å². The summed E-state index contributed by atoms with van der Waals surface area (Å²) in [6.45, 7) is 3.10. The van der Waals surface area contributed by atoms with Crippen molar-refractivity contribution in [2.24, 2.45) is 0 Å². The molecule has 0 aromatic heterocycles. The lowest BCUT2D eigenvalue weighted by Crippen LogP contribution is -2.38. The van der Waals surface area contributed by atoms with Crippen molar-refractivity contribution in [2.75, 3.05) is 47.6 Å². The number of nitrogens with zero attached hydrogens (tertiary/aromatic N) is 1. The number of ether oxygens (including phenoxy) is 4. The topological polar surface area (TPSA) is 40.2 Å². The Morgan fingerprint density at radius 2 is 1.68 bits per heavy atom. The predicted octanol–water partition coefficient (Wildman–Crippen LogP) is 2.39. The van der Waals surface area contributed by atoms with E-state index in [1.165, 1.54) is 0 Å². The van der Waals surface area contributed by atoms with Gasteiger partial charge in [0.2, 0.25) is 5.75 Å². The van der Waals surface area contributed by atoms with Crippen LogP contribution in [0.2, 0.25) is 0 Å². The molecular weight excluding hydrogens is 302 g/mol. The lowest BCUT2D eigenvalue weighted by Gasteiger charge is -2.27. The third kappa shape index (κ3) is 3.90. The number of morpholine rings is 1. The number of hydrogen-bond acceptors (Lipinski definition) is 5. The summed E-state index contributed by atoms with van der Waals surface area (Å²) < 4.78 is 21.3. The highest BCUT2D eigenvalue weighted by molar-refractivity contribution is 7.80. The van der Waals surface area contributed by atoms with E-state index in [9.17, 15) is 0 Å². The van der Waals surface area contributed by atoms with Crippen LogP contribution < -0.4 is 14.2 Å². The van der Waals surface area contributed by atoms with Crippen LogP contribution in [0.5, 0.6) is 17.2 Å². The SMILES string of the molecule is COc1cc(C=CC(=S)N2CCOCC2)cc(OC)c1OC. The summed E-state index contributed by atoms with van der Waals surface area (Å²) in [5, 5.41) is 0. The molecular formula is C16H21NO4S. The molecule has 1 heterocycles. The van der Waals surface area contributed by atoms with Crippen molar-refractivity contribution in [1.82, 2.24) is 4.90 Å². The van der Waals surface area contributed by atoms with Crippen LogP contribution in [0.25, 0.3) is 6.08 Å². The van der Waals surface area contributed by atoms with Crippen molar-refractivity contribution in [3.05, 3.63) is 23.8 Å². The Morgan fingerprint density at radius 1 is 1.09 bits per heavy atom. The molecule has 0 N–H and O–H groups in total. The Bertz CT molecular complexity index is 528. The van der Waals surface area contributed by atoms with Gasteiger partial charge in [0.25, 0.3) is 0 Å². The molecule has 0 radical (unpaired) electrons. The maximum Gasteiger partial charge on any atom is 0.203 e. The maximum atomic E-state index is 5.44. The van der Waals surface area contributed by atoms with Crippen LogP contribution in [0.3, 0.4) is 0 Å². The van der Waals surface area contributed by atoms with Crippen molar-refractivity contribution >= 4 is 23.3 Å². The van der Waals surface area contributed by atoms with Gasteiger partial charge < -0.3 is 23.8 Å². The van der Waals surface area contributed by atoms with Crippen molar-refractivity contribution in [3.8, 4) is 17.2 Å². The minimum Gasteiger partial charge on any atom is -0.493 e.